The normalized spacial score (nSPS) is 10.4. The largest absolute Gasteiger partial charge is 0.465 e. The van der Waals surface area contributed by atoms with Crippen molar-refractivity contribution in [2.24, 2.45) is 0 Å². The fourth-order valence-corrected chi connectivity index (χ4v) is 1.78. The van der Waals surface area contributed by atoms with Gasteiger partial charge in [0.05, 0.1) is 13.3 Å². The molecule has 2 aromatic rings. The molecule has 0 amide bonds. The molecule has 4 nitrogen and oxygen atoms in total. The maximum atomic E-state index is 11.4. The van der Waals surface area contributed by atoms with E-state index in [4.69, 9.17) is 0 Å². The Morgan fingerprint density at radius 1 is 1.64 bits per heavy atom. The average Bonchev–Trinajstić information content (AvgIpc) is 2.59. The van der Waals surface area contributed by atoms with Crippen LogP contribution in [0.5, 0.6) is 0 Å². The molecule has 0 aliphatic heterocycles. The number of fused-ring (bicyclic) bond motifs is 1. The van der Waals surface area contributed by atoms with Gasteiger partial charge in [-0.3, -0.25) is 4.40 Å². The number of methoxy groups -OCH3 is 1. The highest BCUT2D eigenvalue weighted by molar-refractivity contribution is 14.1. The molecule has 5 heteroatoms. The van der Waals surface area contributed by atoms with Crippen LogP contribution < -0.4 is 0 Å². The third-order valence-corrected chi connectivity index (χ3v) is 2.69. The Balaban J connectivity index is 2.71. The first-order chi connectivity index (χ1) is 6.74. The van der Waals surface area contributed by atoms with E-state index >= 15 is 0 Å². The minimum Gasteiger partial charge on any atom is -0.465 e. The summed E-state index contributed by atoms with van der Waals surface area (Å²) in [6, 6.07) is 3.49. The van der Waals surface area contributed by atoms with Crippen molar-refractivity contribution in [3.63, 3.8) is 0 Å². The van der Waals surface area contributed by atoms with Crippen LogP contribution in [0.3, 0.4) is 0 Å². The molecule has 0 fully saturated rings. The monoisotopic (exact) mass is 302 g/mol. The molecule has 72 valence electrons. The van der Waals surface area contributed by atoms with Gasteiger partial charge in [0.1, 0.15) is 9.26 Å². The minimum atomic E-state index is -0.363. The number of imidazole rings is 1. The summed E-state index contributed by atoms with van der Waals surface area (Å²) in [5.74, 6) is -0.363. The van der Waals surface area contributed by atoms with Crippen LogP contribution in [-0.4, -0.2) is 22.5 Å². The summed E-state index contributed by atoms with van der Waals surface area (Å²) in [4.78, 5) is 15.5. The maximum Gasteiger partial charge on any atom is 0.341 e. The van der Waals surface area contributed by atoms with Crippen LogP contribution >= 0.6 is 22.6 Å². The number of hydrogen-bond donors (Lipinski definition) is 0. The first kappa shape index (κ1) is 9.45. The molecule has 14 heavy (non-hydrogen) atoms. The van der Waals surface area contributed by atoms with E-state index in [0.717, 1.165) is 3.70 Å². The van der Waals surface area contributed by atoms with Gasteiger partial charge in [0.25, 0.3) is 0 Å². The Labute approximate surface area is 94.0 Å². The molecular weight excluding hydrogens is 295 g/mol. The van der Waals surface area contributed by atoms with Crippen molar-refractivity contribution in [2.75, 3.05) is 7.11 Å². The van der Waals surface area contributed by atoms with Crippen molar-refractivity contribution >= 4 is 34.2 Å². The maximum absolute atomic E-state index is 11.4. The van der Waals surface area contributed by atoms with E-state index in [9.17, 15) is 4.79 Å². The van der Waals surface area contributed by atoms with Crippen LogP contribution in [-0.2, 0) is 4.74 Å². The molecule has 0 N–H and O–H groups in total. The van der Waals surface area contributed by atoms with Gasteiger partial charge in [0.15, 0.2) is 5.65 Å². The first-order valence-corrected chi connectivity index (χ1v) is 5.02. The zero-order chi connectivity index (χ0) is 10.1. The number of carbonyl (C=O) groups is 1. The highest BCUT2D eigenvalue weighted by Crippen LogP contribution is 2.14. The van der Waals surface area contributed by atoms with Crippen LogP contribution in [0.2, 0.25) is 0 Å². The average molecular weight is 302 g/mol. The topological polar surface area (TPSA) is 43.6 Å². The van der Waals surface area contributed by atoms with E-state index in [1.54, 1.807) is 18.3 Å². The molecule has 0 aromatic carbocycles. The lowest BCUT2D eigenvalue weighted by atomic mass is 10.3. The Hall–Kier alpha value is -1.11. The van der Waals surface area contributed by atoms with Gasteiger partial charge in [0.2, 0.25) is 0 Å². The molecule has 0 unspecified atom stereocenters. The summed E-state index contributed by atoms with van der Waals surface area (Å²) >= 11 is 2.15. The number of ether oxygens (including phenoxy) is 1. The van der Waals surface area contributed by atoms with Crippen molar-refractivity contribution in [3.05, 3.63) is 33.8 Å². The summed E-state index contributed by atoms with van der Waals surface area (Å²) in [6.07, 6.45) is 3.57. The van der Waals surface area contributed by atoms with Gasteiger partial charge in [0, 0.05) is 6.20 Å². The van der Waals surface area contributed by atoms with Gasteiger partial charge in [-0.15, -0.1) is 0 Å². The highest BCUT2D eigenvalue weighted by atomic mass is 127. The van der Waals surface area contributed by atoms with Gasteiger partial charge < -0.3 is 4.74 Å². The third kappa shape index (κ3) is 1.37. The quantitative estimate of drug-likeness (QED) is 0.595. The summed E-state index contributed by atoms with van der Waals surface area (Å²) in [7, 11) is 1.36. The van der Waals surface area contributed by atoms with E-state index in [2.05, 4.69) is 32.3 Å². The lowest BCUT2D eigenvalue weighted by Gasteiger charge is -2.01. The number of nitrogens with zero attached hydrogens (tertiary/aromatic N) is 2. The Bertz CT molecular complexity index is 493. The lowest BCUT2D eigenvalue weighted by Crippen LogP contribution is -2.04. The second-order valence-corrected chi connectivity index (χ2v) is 3.79. The van der Waals surface area contributed by atoms with Crippen molar-refractivity contribution in [1.29, 1.82) is 0 Å². The van der Waals surface area contributed by atoms with Crippen molar-refractivity contribution in [3.8, 4) is 0 Å². The minimum absolute atomic E-state index is 0.363. The molecule has 0 saturated carbocycles. The first-order valence-electron chi connectivity index (χ1n) is 3.94. The number of carbonyl (C=O) groups excluding carboxylic acids is 1. The summed E-state index contributed by atoms with van der Waals surface area (Å²) in [6.45, 7) is 0. The van der Waals surface area contributed by atoms with Gasteiger partial charge in [-0.05, 0) is 34.7 Å². The standard InChI is InChI=1S/C9H7IN2O2/c1-14-9(13)6-3-2-4-12-7(10)5-11-8(6)12/h2-5H,1H3. The molecule has 0 aliphatic carbocycles. The third-order valence-electron chi connectivity index (χ3n) is 1.90. The van der Waals surface area contributed by atoms with Crippen LogP contribution in [0.15, 0.2) is 24.5 Å². The molecule has 0 aliphatic rings. The van der Waals surface area contributed by atoms with Crippen molar-refractivity contribution in [2.45, 2.75) is 0 Å². The molecule has 0 saturated heterocycles. The molecule has 0 radical (unpaired) electrons. The van der Waals surface area contributed by atoms with E-state index in [1.807, 2.05) is 10.6 Å². The number of hydrogen-bond acceptors (Lipinski definition) is 3. The van der Waals surface area contributed by atoms with Crippen LogP contribution in [0, 0.1) is 3.70 Å². The van der Waals surface area contributed by atoms with Gasteiger partial charge in [-0.2, -0.15) is 0 Å². The molecule has 0 atom stereocenters. The van der Waals surface area contributed by atoms with E-state index < -0.39 is 0 Å². The van der Waals surface area contributed by atoms with Crippen molar-refractivity contribution < 1.29 is 9.53 Å². The molecular formula is C9H7IN2O2. The Morgan fingerprint density at radius 3 is 3.14 bits per heavy atom. The predicted octanol–water partition coefficient (Wildman–Crippen LogP) is 1.73. The number of halogens is 1. The van der Waals surface area contributed by atoms with Gasteiger partial charge in [-0.25, -0.2) is 9.78 Å². The van der Waals surface area contributed by atoms with E-state index in [-0.39, 0.29) is 5.97 Å². The van der Waals surface area contributed by atoms with Crippen LogP contribution in [0.1, 0.15) is 10.4 Å². The number of esters is 1. The Morgan fingerprint density at radius 2 is 2.43 bits per heavy atom. The number of rotatable bonds is 1. The summed E-state index contributed by atoms with van der Waals surface area (Å²) < 4.78 is 7.46. The van der Waals surface area contributed by atoms with E-state index in [1.165, 1.54) is 7.11 Å². The van der Waals surface area contributed by atoms with Crippen LogP contribution in [0.4, 0.5) is 0 Å². The second kappa shape index (κ2) is 3.56. The lowest BCUT2D eigenvalue weighted by molar-refractivity contribution is 0.0602. The molecule has 0 bridgehead atoms. The zero-order valence-electron chi connectivity index (χ0n) is 7.40. The molecule has 2 aromatic heterocycles. The van der Waals surface area contributed by atoms with E-state index in [0.29, 0.717) is 11.2 Å². The molecule has 0 spiro atoms. The van der Waals surface area contributed by atoms with Gasteiger partial charge in [-0.1, -0.05) is 0 Å². The van der Waals surface area contributed by atoms with Crippen LogP contribution in [0.25, 0.3) is 5.65 Å². The fraction of sp³-hybridized carbons (Fsp3) is 0.111. The predicted molar refractivity (Wildman–Crippen MR) is 59.2 cm³/mol. The summed E-state index contributed by atoms with van der Waals surface area (Å²) in [5.41, 5.74) is 1.11. The fourth-order valence-electron chi connectivity index (χ4n) is 1.25. The SMILES string of the molecule is COC(=O)c1cccn2c(I)cnc12. The number of aromatic nitrogens is 2. The Kier molecular flexibility index (Phi) is 2.40. The van der Waals surface area contributed by atoms with Gasteiger partial charge >= 0.3 is 5.97 Å². The van der Waals surface area contributed by atoms with Crippen molar-refractivity contribution in [1.82, 2.24) is 9.38 Å². The number of pyridine rings is 1. The molecule has 2 rings (SSSR count). The smallest absolute Gasteiger partial charge is 0.341 e. The second-order valence-electron chi connectivity index (χ2n) is 2.69. The summed E-state index contributed by atoms with van der Waals surface area (Å²) in [5, 5.41) is 0. The highest BCUT2D eigenvalue weighted by Gasteiger charge is 2.12. The molecule has 2 heterocycles. The zero-order valence-corrected chi connectivity index (χ0v) is 9.56.